The van der Waals surface area contributed by atoms with Gasteiger partial charge in [0.1, 0.15) is 10.6 Å². The minimum absolute atomic E-state index is 0.166. The van der Waals surface area contributed by atoms with E-state index in [-0.39, 0.29) is 11.4 Å². The second-order valence-corrected chi connectivity index (χ2v) is 7.50. The fourth-order valence-corrected chi connectivity index (χ4v) is 3.74. The second kappa shape index (κ2) is 6.69. The van der Waals surface area contributed by atoms with Gasteiger partial charge in [-0.2, -0.15) is 4.31 Å². The summed E-state index contributed by atoms with van der Waals surface area (Å²) in [5.74, 6) is 0.337. The number of aryl methyl sites for hydroxylation is 1. The number of hydrogen-bond donors (Lipinski definition) is 0. The largest absolute Gasteiger partial charge is 0.495 e. The maximum absolute atomic E-state index is 12.8. The number of methoxy groups -OCH3 is 1. The van der Waals surface area contributed by atoms with Crippen molar-refractivity contribution in [2.45, 2.75) is 18.4 Å². The highest BCUT2D eigenvalue weighted by molar-refractivity contribution is 7.89. The number of nitrogens with zero attached hydrogens (tertiary/aromatic N) is 1. The van der Waals surface area contributed by atoms with Gasteiger partial charge >= 0.3 is 0 Å². The first kappa shape index (κ1) is 16.8. The molecule has 0 aliphatic carbocycles. The van der Waals surface area contributed by atoms with E-state index in [0.29, 0.717) is 10.8 Å². The van der Waals surface area contributed by atoms with Gasteiger partial charge in [-0.05, 0) is 42.3 Å². The summed E-state index contributed by atoms with van der Waals surface area (Å²) >= 11 is 5.94. The van der Waals surface area contributed by atoms with Crippen molar-refractivity contribution in [1.82, 2.24) is 4.31 Å². The summed E-state index contributed by atoms with van der Waals surface area (Å²) in [4.78, 5) is 0.166. The molecule has 0 atom stereocenters. The minimum Gasteiger partial charge on any atom is -0.495 e. The van der Waals surface area contributed by atoms with Gasteiger partial charge in [-0.15, -0.1) is 0 Å². The number of ether oxygens (including phenoxy) is 1. The molecule has 2 aromatic carbocycles. The van der Waals surface area contributed by atoms with Crippen molar-refractivity contribution in [2.24, 2.45) is 0 Å². The van der Waals surface area contributed by atoms with E-state index in [9.17, 15) is 8.42 Å². The lowest BCUT2D eigenvalue weighted by Crippen LogP contribution is -2.27. The highest BCUT2D eigenvalue weighted by Crippen LogP contribution is 2.28. The molecule has 0 bridgehead atoms. The summed E-state index contributed by atoms with van der Waals surface area (Å²) in [5.41, 5.74) is 1.68. The van der Waals surface area contributed by atoms with Crippen LogP contribution < -0.4 is 4.74 Å². The van der Waals surface area contributed by atoms with Crippen LogP contribution in [0.1, 0.15) is 11.1 Å². The van der Waals surface area contributed by atoms with Gasteiger partial charge in [-0.25, -0.2) is 8.42 Å². The number of hydrogen-bond acceptors (Lipinski definition) is 3. The van der Waals surface area contributed by atoms with Gasteiger partial charge in [0.05, 0.1) is 7.11 Å². The first-order chi connectivity index (χ1) is 10.3. The van der Waals surface area contributed by atoms with E-state index in [1.54, 1.807) is 30.3 Å². The maximum Gasteiger partial charge on any atom is 0.246 e. The van der Waals surface area contributed by atoms with Gasteiger partial charge in [-0.3, -0.25) is 0 Å². The van der Waals surface area contributed by atoms with Crippen molar-refractivity contribution in [1.29, 1.82) is 0 Å². The number of halogens is 1. The van der Waals surface area contributed by atoms with Crippen LogP contribution in [-0.4, -0.2) is 26.9 Å². The van der Waals surface area contributed by atoms with E-state index in [1.165, 1.54) is 18.5 Å². The molecule has 0 aliphatic heterocycles. The Balaban J connectivity index is 2.35. The van der Waals surface area contributed by atoms with Gasteiger partial charge in [0, 0.05) is 18.6 Å². The quantitative estimate of drug-likeness (QED) is 0.837. The zero-order chi connectivity index (χ0) is 16.3. The summed E-state index contributed by atoms with van der Waals surface area (Å²) in [6, 6.07) is 12.2. The van der Waals surface area contributed by atoms with Crippen molar-refractivity contribution in [2.75, 3.05) is 14.2 Å². The number of benzene rings is 2. The summed E-state index contributed by atoms with van der Waals surface area (Å²) in [6.45, 7) is 2.08. The third kappa shape index (κ3) is 3.61. The van der Waals surface area contributed by atoms with Crippen LogP contribution in [0.5, 0.6) is 5.75 Å². The van der Waals surface area contributed by atoms with Crippen molar-refractivity contribution in [3.8, 4) is 5.75 Å². The lowest BCUT2D eigenvalue weighted by molar-refractivity contribution is 0.397. The zero-order valence-corrected chi connectivity index (χ0v) is 14.3. The maximum atomic E-state index is 12.8. The lowest BCUT2D eigenvalue weighted by atomic mass is 10.2. The molecule has 0 unspecified atom stereocenters. The molecule has 2 rings (SSSR count). The fourth-order valence-electron chi connectivity index (χ4n) is 2.13. The van der Waals surface area contributed by atoms with Crippen LogP contribution in [0, 0.1) is 6.92 Å². The Hall–Kier alpha value is -1.56. The zero-order valence-electron chi connectivity index (χ0n) is 12.7. The van der Waals surface area contributed by atoms with Crippen LogP contribution in [0.25, 0.3) is 0 Å². The fraction of sp³-hybridized carbons (Fsp3) is 0.250. The summed E-state index contributed by atoms with van der Waals surface area (Å²) in [5, 5.41) is 0.580. The van der Waals surface area contributed by atoms with Gasteiger partial charge < -0.3 is 4.74 Å². The third-order valence-corrected chi connectivity index (χ3v) is 5.36. The molecular formula is C16H18ClNO3S. The van der Waals surface area contributed by atoms with Crippen LogP contribution in [-0.2, 0) is 16.6 Å². The van der Waals surface area contributed by atoms with Crippen LogP contribution in [0.15, 0.2) is 47.4 Å². The molecule has 2 aromatic rings. The smallest absolute Gasteiger partial charge is 0.246 e. The van der Waals surface area contributed by atoms with Crippen molar-refractivity contribution >= 4 is 21.6 Å². The van der Waals surface area contributed by atoms with Gasteiger partial charge in [0.15, 0.2) is 0 Å². The van der Waals surface area contributed by atoms with E-state index in [1.807, 2.05) is 19.1 Å². The first-order valence-electron chi connectivity index (χ1n) is 6.70. The van der Waals surface area contributed by atoms with Crippen LogP contribution in [0.2, 0.25) is 5.02 Å². The highest BCUT2D eigenvalue weighted by Gasteiger charge is 2.25. The molecule has 0 radical (unpaired) electrons. The number of rotatable bonds is 5. The van der Waals surface area contributed by atoms with E-state index in [0.717, 1.165) is 11.1 Å². The summed E-state index contributed by atoms with van der Waals surface area (Å²) in [6.07, 6.45) is 0. The van der Waals surface area contributed by atoms with Gasteiger partial charge in [0.2, 0.25) is 10.0 Å². The molecule has 0 fully saturated rings. The minimum atomic E-state index is -3.65. The predicted octanol–water partition coefficient (Wildman–Crippen LogP) is 3.48. The molecule has 118 valence electrons. The molecular weight excluding hydrogens is 322 g/mol. The Kier molecular flexibility index (Phi) is 5.11. The Bertz CT molecular complexity index is 775. The normalized spacial score (nSPS) is 11.7. The SMILES string of the molecule is COc1ccc(C)cc1S(=O)(=O)N(C)Cc1cccc(Cl)c1. The van der Waals surface area contributed by atoms with Gasteiger partial charge in [0.25, 0.3) is 0 Å². The summed E-state index contributed by atoms with van der Waals surface area (Å²) < 4.78 is 32.0. The molecule has 0 aliphatic rings. The molecule has 0 heterocycles. The first-order valence-corrected chi connectivity index (χ1v) is 8.52. The van der Waals surface area contributed by atoms with Crippen molar-refractivity contribution < 1.29 is 13.2 Å². The monoisotopic (exact) mass is 339 g/mol. The molecule has 22 heavy (non-hydrogen) atoms. The Morgan fingerprint density at radius 3 is 2.55 bits per heavy atom. The third-order valence-electron chi connectivity index (χ3n) is 3.30. The molecule has 0 N–H and O–H groups in total. The Morgan fingerprint density at radius 2 is 1.91 bits per heavy atom. The average molecular weight is 340 g/mol. The number of sulfonamides is 1. The van der Waals surface area contributed by atoms with Crippen molar-refractivity contribution in [3.05, 3.63) is 58.6 Å². The molecule has 4 nitrogen and oxygen atoms in total. The predicted molar refractivity (Wildman–Crippen MR) is 87.8 cm³/mol. The van der Waals surface area contributed by atoms with Crippen molar-refractivity contribution in [3.63, 3.8) is 0 Å². The molecule has 0 amide bonds. The van der Waals surface area contributed by atoms with Crippen LogP contribution in [0.3, 0.4) is 0 Å². The van der Waals surface area contributed by atoms with Crippen LogP contribution >= 0.6 is 11.6 Å². The van der Waals surface area contributed by atoms with E-state index in [4.69, 9.17) is 16.3 Å². The standard InChI is InChI=1S/C16H18ClNO3S/c1-12-7-8-15(21-3)16(9-12)22(19,20)18(2)11-13-5-4-6-14(17)10-13/h4-10H,11H2,1-3H3. The summed E-state index contributed by atoms with van der Waals surface area (Å²) in [7, 11) is -0.651. The Morgan fingerprint density at radius 1 is 1.18 bits per heavy atom. The molecule has 0 saturated heterocycles. The molecule has 0 saturated carbocycles. The van der Waals surface area contributed by atoms with E-state index in [2.05, 4.69) is 0 Å². The second-order valence-electron chi connectivity index (χ2n) is 5.05. The highest BCUT2D eigenvalue weighted by atomic mass is 35.5. The Labute approximate surface area is 136 Å². The van der Waals surface area contributed by atoms with E-state index >= 15 is 0 Å². The topological polar surface area (TPSA) is 46.6 Å². The molecule has 6 heteroatoms. The van der Waals surface area contributed by atoms with Crippen LogP contribution in [0.4, 0.5) is 0 Å². The molecule has 0 spiro atoms. The average Bonchev–Trinajstić information content (AvgIpc) is 2.47. The molecule has 0 aromatic heterocycles. The van der Waals surface area contributed by atoms with E-state index < -0.39 is 10.0 Å². The van der Waals surface area contributed by atoms with Gasteiger partial charge in [-0.1, -0.05) is 29.8 Å². The lowest BCUT2D eigenvalue weighted by Gasteiger charge is -2.19.